The van der Waals surface area contributed by atoms with Crippen LogP contribution in [0.1, 0.15) is 40.8 Å². The van der Waals surface area contributed by atoms with E-state index in [1.54, 1.807) is 23.6 Å². The van der Waals surface area contributed by atoms with E-state index in [2.05, 4.69) is 14.9 Å². The van der Waals surface area contributed by atoms with E-state index < -0.39 is 0 Å². The lowest BCUT2D eigenvalue weighted by Crippen LogP contribution is -2.45. The summed E-state index contributed by atoms with van der Waals surface area (Å²) in [5, 5.41) is 11.1. The Morgan fingerprint density at radius 1 is 1.31 bits per heavy atom. The number of anilines is 2. The number of aryl methyl sites for hydroxylation is 1. The van der Waals surface area contributed by atoms with Gasteiger partial charge in [0, 0.05) is 35.1 Å². The van der Waals surface area contributed by atoms with Gasteiger partial charge in [0.25, 0.3) is 0 Å². The average molecular weight is 490 g/mol. The van der Waals surface area contributed by atoms with Crippen molar-refractivity contribution in [2.45, 2.75) is 48.8 Å². The highest BCUT2D eigenvalue weighted by molar-refractivity contribution is 7.99. The van der Waals surface area contributed by atoms with Gasteiger partial charge in [-0.3, -0.25) is 0 Å². The van der Waals surface area contributed by atoms with Crippen LogP contribution in [0.15, 0.2) is 27.7 Å². The predicted octanol–water partition coefficient (Wildman–Crippen LogP) is 3.36. The second kappa shape index (κ2) is 8.42. The monoisotopic (exact) mass is 489 g/mol. The molecule has 1 spiro atoms. The zero-order chi connectivity index (χ0) is 22.5. The quantitative estimate of drug-likeness (QED) is 0.505. The highest BCUT2D eigenvalue weighted by Crippen LogP contribution is 2.52. The fourth-order valence-electron chi connectivity index (χ4n) is 4.64. The minimum absolute atomic E-state index is 0.0496. The first-order valence-electron chi connectivity index (χ1n) is 10.4. The molecule has 3 aromatic heterocycles. The van der Waals surface area contributed by atoms with Crippen LogP contribution in [0, 0.1) is 12.3 Å². The first-order valence-corrected chi connectivity index (χ1v) is 12.5. The van der Waals surface area contributed by atoms with Crippen molar-refractivity contribution in [2.75, 3.05) is 23.7 Å². The molecule has 1 aliphatic carbocycles. The lowest BCUT2D eigenvalue weighted by molar-refractivity contribution is 0.187. The first kappa shape index (κ1) is 21.8. The zero-order valence-electron chi connectivity index (χ0n) is 17.6. The Balaban J connectivity index is 1.36. The molecule has 11 heteroatoms. The number of aliphatic hydroxyl groups is 1. The lowest BCUT2D eigenvalue weighted by Gasteiger charge is -2.42. The molecule has 5 N–H and O–H groups in total. The molecule has 1 atom stereocenters. The molecular formula is C21H24ClN7OS2. The van der Waals surface area contributed by atoms with Crippen LogP contribution in [-0.2, 0) is 13.0 Å². The minimum Gasteiger partial charge on any atom is -0.390 e. The molecule has 2 aliphatic rings. The van der Waals surface area contributed by atoms with Gasteiger partial charge in [-0.05, 0) is 37.7 Å². The van der Waals surface area contributed by atoms with Crippen LogP contribution in [0.25, 0.3) is 0 Å². The van der Waals surface area contributed by atoms with Gasteiger partial charge in [0.2, 0.25) is 0 Å². The number of aromatic nitrogens is 4. The maximum Gasteiger partial charge on any atom is 0.153 e. The predicted molar refractivity (Wildman–Crippen MR) is 127 cm³/mol. The van der Waals surface area contributed by atoms with Gasteiger partial charge < -0.3 is 21.5 Å². The van der Waals surface area contributed by atoms with E-state index in [1.807, 2.05) is 12.4 Å². The number of pyridine rings is 1. The number of rotatable bonds is 4. The van der Waals surface area contributed by atoms with E-state index >= 15 is 0 Å². The number of halogens is 1. The number of nitrogen functional groups attached to an aromatic ring is 1. The Hall–Kier alpha value is -1.98. The van der Waals surface area contributed by atoms with Crippen molar-refractivity contribution < 1.29 is 5.11 Å². The molecule has 0 radical (unpaired) electrons. The van der Waals surface area contributed by atoms with Crippen molar-refractivity contribution in [1.82, 2.24) is 19.9 Å². The molecule has 0 unspecified atom stereocenters. The van der Waals surface area contributed by atoms with Crippen LogP contribution in [0.3, 0.4) is 0 Å². The Kier molecular flexibility index (Phi) is 5.75. The fraction of sp³-hybridized carbons (Fsp3) is 0.429. The molecular weight excluding hydrogens is 466 g/mol. The van der Waals surface area contributed by atoms with Crippen molar-refractivity contribution in [2.24, 2.45) is 11.1 Å². The van der Waals surface area contributed by atoms with Crippen molar-refractivity contribution >= 4 is 46.3 Å². The van der Waals surface area contributed by atoms with Crippen LogP contribution in [-0.4, -0.2) is 38.1 Å². The molecule has 1 fully saturated rings. The van der Waals surface area contributed by atoms with E-state index in [-0.39, 0.29) is 23.9 Å². The van der Waals surface area contributed by atoms with Crippen molar-refractivity contribution in [3.05, 3.63) is 44.8 Å². The van der Waals surface area contributed by atoms with E-state index in [9.17, 15) is 5.11 Å². The molecule has 4 heterocycles. The van der Waals surface area contributed by atoms with Gasteiger partial charge in [-0.25, -0.2) is 19.9 Å². The molecule has 5 rings (SSSR count). The number of hydrogen-bond donors (Lipinski definition) is 3. The van der Waals surface area contributed by atoms with Gasteiger partial charge >= 0.3 is 0 Å². The summed E-state index contributed by atoms with van der Waals surface area (Å²) in [7, 11) is 0. The summed E-state index contributed by atoms with van der Waals surface area (Å²) in [5.74, 6) is 1.02. The summed E-state index contributed by atoms with van der Waals surface area (Å²) in [4.78, 5) is 22.3. The molecule has 168 valence electrons. The molecule has 1 aliphatic heterocycles. The summed E-state index contributed by atoms with van der Waals surface area (Å²) in [6, 6.07) is 1.84. The Bertz CT molecular complexity index is 1160. The number of nitrogens with zero attached hydrogens (tertiary/aromatic N) is 5. The average Bonchev–Trinajstić information content (AvgIpc) is 3.34. The van der Waals surface area contributed by atoms with E-state index in [0.29, 0.717) is 15.7 Å². The Morgan fingerprint density at radius 2 is 2.09 bits per heavy atom. The van der Waals surface area contributed by atoms with Crippen LogP contribution >= 0.6 is 34.7 Å². The maximum atomic E-state index is 10.0. The van der Waals surface area contributed by atoms with Crippen LogP contribution in [0.5, 0.6) is 0 Å². The lowest BCUT2D eigenvalue weighted by atomic mass is 9.74. The van der Waals surface area contributed by atoms with E-state index in [0.717, 1.165) is 48.8 Å². The Labute approximate surface area is 199 Å². The zero-order valence-corrected chi connectivity index (χ0v) is 20.0. The molecule has 0 saturated carbocycles. The van der Waals surface area contributed by atoms with Crippen LogP contribution in [0.4, 0.5) is 11.6 Å². The number of aliphatic hydroxyl groups excluding tert-OH is 1. The van der Waals surface area contributed by atoms with Gasteiger partial charge in [0.15, 0.2) is 5.82 Å². The summed E-state index contributed by atoms with van der Waals surface area (Å²) >= 11 is 9.33. The van der Waals surface area contributed by atoms with E-state index in [4.69, 9.17) is 33.0 Å². The van der Waals surface area contributed by atoms with Gasteiger partial charge in [0.05, 0.1) is 28.5 Å². The highest BCUT2D eigenvalue weighted by Gasteiger charge is 2.47. The summed E-state index contributed by atoms with van der Waals surface area (Å²) in [5.41, 5.74) is 16.9. The SMILES string of the molecule is Cc1nc(N2CCC3(CC2)Cc2ncsc2[C@H]3N)c(CO)nc1Sc1ccnc(N)c1Cl. The van der Waals surface area contributed by atoms with Gasteiger partial charge in [0.1, 0.15) is 16.5 Å². The number of piperidine rings is 1. The summed E-state index contributed by atoms with van der Waals surface area (Å²) in [6.07, 6.45) is 4.49. The third-order valence-corrected chi connectivity index (χ3v) is 9.11. The number of nitrogens with two attached hydrogens (primary N) is 2. The minimum atomic E-state index is -0.190. The molecule has 0 bridgehead atoms. The van der Waals surface area contributed by atoms with Gasteiger partial charge in [-0.1, -0.05) is 23.4 Å². The third-order valence-electron chi connectivity index (χ3n) is 6.51. The first-order chi connectivity index (χ1) is 15.4. The fourth-order valence-corrected chi connectivity index (χ4v) is 6.70. The number of fused-ring (bicyclic) bond motifs is 1. The summed E-state index contributed by atoms with van der Waals surface area (Å²) in [6.45, 7) is 3.37. The second-order valence-electron chi connectivity index (χ2n) is 8.32. The summed E-state index contributed by atoms with van der Waals surface area (Å²) < 4.78 is 0. The Morgan fingerprint density at radius 3 is 2.81 bits per heavy atom. The smallest absolute Gasteiger partial charge is 0.153 e. The number of thiazole rings is 1. The normalized spacial score (nSPS) is 19.5. The third kappa shape index (κ3) is 3.63. The molecule has 8 nitrogen and oxygen atoms in total. The molecule has 0 aromatic carbocycles. The van der Waals surface area contributed by atoms with Crippen molar-refractivity contribution in [3.63, 3.8) is 0 Å². The number of hydrogen-bond acceptors (Lipinski definition) is 10. The van der Waals surface area contributed by atoms with Crippen LogP contribution in [0.2, 0.25) is 5.02 Å². The highest BCUT2D eigenvalue weighted by atomic mass is 35.5. The van der Waals surface area contributed by atoms with Gasteiger partial charge in [-0.15, -0.1) is 11.3 Å². The molecule has 0 amide bonds. The maximum absolute atomic E-state index is 10.0. The topological polar surface area (TPSA) is 127 Å². The van der Waals surface area contributed by atoms with Crippen molar-refractivity contribution in [3.8, 4) is 0 Å². The van der Waals surface area contributed by atoms with Gasteiger partial charge in [-0.2, -0.15) is 0 Å². The van der Waals surface area contributed by atoms with Crippen molar-refractivity contribution in [1.29, 1.82) is 0 Å². The molecule has 1 saturated heterocycles. The largest absolute Gasteiger partial charge is 0.390 e. The second-order valence-corrected chi connectivity index (χ2v) is 10.6. The molecule has 32 heavy (non-hydrogen) atoms. The standard InChI is InChI=1S/C21H24ClN7OS2/c1-11-20(32-14-2-5-25-18(24)15(14)22)28-13(9-30)19(27-11)29-6-3-21(4-7-29)8-12-16(17(21)23)31-10-26-12/h2,5,10,17,30H,3-4,6-9,23H2,1H3,(H2,24,25)/t17-/m1/s1. The van der Waals surface area contributed by atoms with E-state index in [1.165, 1.54) is 22.3 Å². The molecule has 3 aromatic rings. The van der Waals surface area contributed by atoms with Crippen LogP contribution < -0.4 is 16.4 Å².